The van der Waals surface area contributed by atoms with Crippen LogP contribution in [-0.4, -0.2) is 18.2 Å². The normalized spacial score (nSPS) is 10.1. The van der Waals surface area contributed by atoms with E-state index >= 15 is 0 Å². The van der Waals surface area contributed by atoms with Crippen molar-refractivity contribution in [3.8, 4) is 5.75 Å². The van der Waals surface area contributed by atoms with Crippen molar-refractivity contribution < 1.29 is 9.90 Å². The molecule has 0 radical (unpaired) electrons. The number of carbonyl (C=O) groups is 1. The van der Waals surface area contributed by atoms with Crippen LogP contribution in [0.4, 0.5) is 10.5 Å². The van der Waals surface area contributed by atoms with Crippen LogP contribution in [0.15, 0.2) is 18.2 Å². The van der Waals surface area contributed by atoms with Gasteiger partial charge in [-0.25, -0.2) is 4.79 Å². The predicted molar refractivity (Wildman–Crippen MR) is 60.3 cm³/mol. The van der Waals surface area contributed by atoms with Gasteiger partial charge in [-0.05, 0) is 17.5 Å². The molecule has 2 amide bonds. The molecule has 15 heavy (non-hydrogen) atoms. The second kappa shape index (κ2) is 4.68. The molecule has 0 aliphatic carbocycles. The van der Waals surface area contributed by atoms with Gasteiger partial charge < -0.3 is 15.7 Å². The van der Waals surface area contributed by atoms with Gasteiger partial charge in [-0.1, -0.05) is 19.9 Å². The zero-order chi connectivity index (χ0) is 11.4. The van der Waals surface area contributed by atoms with Crippen LogP contribution in [0.5, 0.6) is 5.75 Å². The van der Waals surface area contributed by atoms with E-state index in [9.17, 15) is 9.90 Å². The van der Waals surface area contributed by atoms with Gasteiger partial charge in [0.25, 0.3) is 0 Å². The van der Waals surface area contributed by atoms with Gasteiger partial charge in [-0.15, -0.1) is 0 Å². The first-order valence-corrected chi connectivity index (χ1v) is 4.86. The number of phenolic OH excluding ortho intramolecular Hbond substituents is 1. The maximum absolute atomic E-state index is 11.0. The van der Waals surface area contributed by atoms with E-state index < -0.39 is 0 Å². The maximum atomic E-state index is 11.0. The van der Waals surface area contributed by atoms with Crippen molar-refractivity contribution in [1.82, 2.24) is 5.32 Å². The summed E-state index contributed by atoms with van der Waals surface area (Å²) in [7, 11) is 1.54. The lowest BCUT2D eigenvalue weighted by Crippen LogP contribution is -2.24. The van der Waals surface area contributed by atoms with Crippen LogP contribution >= 0.6 is 0 Å². The minimum Gasteiger partial charge on any atom is -0.508 e. The third-order valence-electron chi connectivity index (χ3n) is 2.14. The molecule has 0 unspecified atom stereocenters. The number of hydrogen-bond acceptors (Lipinski definition) is 2. The second-order valence-electron chi connectivity index (χ2n) is 3.63. The van der Waals surface area contributed by atoms with Crippen LogP contribution in [0, 0.1) is 0 Å². The van der Waals surface area contributed by atoms with Gasteiger partial charge in [0.05, 0.1) is 0 Å². The quantitative estimate of drug-likeness (QED) is 0.698. The van der Waals surface area contributed by atoms with Crippen LogP contribution in [0.25, 0.3) is 0 Å². The van der Waals surface area contributed by atoms with Crippen molar-refractivity contribution in [3.05, 3.63) is 23.8 Å². The Morgan fingerprint density at radius 3 is 2.53 bits per heavy atom. The number of rotatable bonds is 2. The largest absolute Gasteiger partial charge is 0.508 e. The monoisotopic (exact) mass is 208 g/mol. The number of amides is 2. The molecule has 1 aromatic carbocycles. The van der Waals surface area contributed by atoms with Crippen LogP contribution in [-0.2, 0) is 0 Å². The van der Waals surface area contributed by atoms with E-state index in [1.54, 1.807) is 12.1 Å². The van der Waals surface area contributed by atoms with E-state index in [1.807, 2.05) is 19.9 Å². The zero-order valence-electron chi connectivity index (χ0n) is 9.16. The van der Waals surface area contributed by atoms with Gasteiger partial charge in [-0.2, -0.15) is 0 Å². The maximum Gasteiger partial charge on any atom is 0.318 e. The minimum absolute atomic E-state index is 0.207. The first kappa shape index (κ1) is 11.4. The molecule has 82 valence electrons. The Bertz CT molecular complexity index is 362. The van der Waals surface area contributed by atoms with Gasteiger partial charge in [0.15, 0.2) is 0 Å². The lowest BCUT2D eigenvalue weighted by atomic mass is 10.0. The third-order valence-corrected chi connectivity index (χ3v) is 2.14. The van der Waals surface area contributed by atoms with Crippen LogP contribution in [0.3, 0.4) is 0 Å². The zero-order valence-corrected chi connectivity index (χ0v) is 9.16. The number of nitrogens with one attached hydrogen (secondary N) is 2. The van der Waals surface area contributed by atoms with E-state index in [-0.39, 0.29) is 17.7 Å². The molecule has 0 spiro atoms. The highest BCUT2D eigenvalue weighted by atomic mass is 16.3. The average molecular weight is 208 g/mol. The standard InChI is InChI=1S/C11H16N2O2/c1-7(2)9-5-4-8(6-10(9)14)13-11(15)12-3/h4-7,14H,1-3H3,(H2,12,13,15). The summed E-state index contributed by atoms with van der Waals surface area (Å²) in [6.07, 6.45) is 0. The van der Waals surface area contributed by atoms with Crippen LogP contribution < -0.4 is 10.6 Å². The van der Waals surface area contributed by atoms with Gasteiger partial charge in [-0.3, -0.25) is 0 Å². The molecule has 0 aliphatic rings. The van der Waals surface area contributed by atoms with Crippen molar-refractivity contribution in [2.45, 2.75) is 19.8 Å². The summed E-state index contributed by atoms with van der Waals surface area (Å²) >= 11 is 0. The SMILES string of the molecule is CNC(=O)Nc1ccc(C(C)C)c(O)c1. The van der Waals surface area contributed by atoms with Crippen LogP contribution in [0.2, 0.25) is 0 Å². The molecule has 0 saturated carbocycles. The van der Waals surface area contributed by atoms with Crippen molar-refractivity contribution in [2.24, 2.45) is 0 Å². The summed E-state index contributed by atoms with van der Waals surface area (Å²) in [5, 5.41) is 14.7. The summed E-state index contributed by atoms with van der Waals surface area (Å²) in [6.45, 7) is 4.00. The smallest absolute Gasteiger partial charge is 0.318 e. The summed E-state index contributed by atoms with van der Waals surface area (Å²) < 4.78 is 0. The summed E-state index contributed by atoms with van der Waals surface area (Å²) in [4.78, 5) is 11.0. The Balaban J connectivity index is 2.87. The number of benzene rings is 1. The van der Waals surface area contributed by atoms with Gasteiger partial charge in [0, 0.05) is 18.8 Å². The fourth-order valence-corrected chi connectivity index (χ4v) is 1.30. The molecule has 1 rings (SSSR count). The topological polar surface area (TPSA) is 61.4 Å². The number of hydrogen-bond donors (Lipinski definition) is 3. The number of carbonyl (C=O) groups excluding carboxylic acids is 1. The first-order valence-electron chi connectivity index (χ1n) is 4.86. The second-order valence-corrected chi connectivity index (χ2v) is 3.63. The number of phenols is 1. The van der Waals surface area contributed by atoms with Crippen molar-refractivity contribution in [3.63, 3.8) is 0 Å². The molecule has 0 saturated heterocycles. The Kier molecular flexibility index (Phi) is 3.55. The van der Waals surface area contributed by atoms with E-state index in [2.05, 4.69) is 10.6 Å². The molecule has 4 nitrogen and oxygen atoms in total. The number of anilines is 1. The fraction of sp³-hybridized carbons (Fsp3) is 0.364. The highest BCUT2D eigenvalue weighted by Crippen LogP contribution is 2.27. The van der Waals surface area contributed by atoms with E-state index in [4.69, 9.17) is 0 Å². The number of urea groups is 1. The predicted octanol–water partition coefficient (Wildman–Crippen LogP) is 2.27. The Labute approximate surface area is 89.3 Å². The van der Waals surface area contributed by atoms with Gasteiger partial charge in [0.2, 0.25) is 0 Å². The Morgan fingerprint density at radius 1 is 1.40 bits per heavy atom. The molecule has 4 heteroatoms. The van der Waals surface area contributed by atoms with E-state index in [0.29, 0.717) is 5.69 Å². The van der Waals surface area contributed by atoms with Crippen LogP contribution in [0.1, 0.15) is 25.3 Å². The molecule has 0 atom stereocenters. The molecule has 0 aromatic heterocycles. The lowest BCUT2D eigenvalue weighted by Gasteiger charge is -2.10. The molecule has 0 bridgehead atoms. The number of aromatic hydroxyl groups is 1. The van der Waals surface area contributed by atoms with Crippen molar-refractivity contribution in [2.75, 3.05) is 12.4 Å². The summed E-state index contributed by atoms with van der Waals surface area (Å²) in [5.74, 6) is 0.470. The molecular formula is C11H16N2O2. The van der Waals surface area contributed by atoms with Crippen molar-refractivity contribution >= 4 is 11.7 Å². The first-order chi connectivity index (χ1) is 7.04. The highest BCUT2D eigenvalue weighted by Gasteiger charge is 2.07. The Hall–Kier alpha value is -1.71. The summed E-state index contributed by atoms with van der Waals surface area (Å²) in [6, 6.07) is 4.83. The molecule has 0 heterocycles. The van der Waals surface area contributed by atoms with E-state index in [0.717, 1.165) is 5.56 Å². The average Bonchev–Trinajstić information content (AvgIpc) is 2.17. The van der Waals surface area contributed by atoms with Gasteiger partial charge >= 0.3 is 6.03 Å². The Morgan fingerprint density at radius 2 is 2.07 bits per heavy atom. The molecular weight excluding hydrogens is 192 g/mol. The lowest BCUT2D eigenvalue weighted by molar-refractivity contribution is 0.254. The molecule has 0 aliphatic heterocycles. The molecule has 0 fully saturated rings. The highest BCUT2D eigenvalue weighted by molar-refractivity contribution is 5.89. The summed E-state index contributed by atoms with van der Waals surface area (Å²) in [5.41, 5.74) is 1.45. The molecule has 3 N–H and O–H groups in total. The third kappa shape index (κ3) is 2.87. The fourth-order valence-electron chi connectivity index (χ4n) is 1.30. The van der Waals surface area contributed by atoms with Crippen molar-refractivity contribution in [1.29, 1.82) is 0 Å². The molecule has 1 aromatic rings. The van der Waals surface area contributed by atoms with E-state index in [1.165, 1.54) is 7.05 Å². The van der Waals surface area contributed by atoms with Gasteiger partial charge in [0.1, 0.15) is 5.75 Å². The minimum atomic E-state index is -0.299.